The number of benzene rings is 1. The molecular formula is C17H20N2O2. The van der Waals surface area contributed by atoms with Gasteiger partial charge in [0, 0.05) is 18.3 Å². The number of carbonyl (C=O) groups is 1. The lowest BCUT2D eigenvalue weighted by molar-refractivity contribution is 0.0983. The summed E-state index contributed by atoms with van der Waals surface area (Å²) >= 11 is 0. The fraction of sp³-hybridized carbons (Fsp3) is 0.353. The number of hydrogen-bond donors (Lipinski definition) is 1. The number of fused-ring (bicyclic) bond motifs is 1. The van der Waals surface area contributed by atoms with Crippen molar-refractivity contribution in [2.75, 3.05) is 18.0 Å². The lowest BCUT2D eigenvalue weighted by atomic mass is 9.95. The first kappa shape index (κ1) is 13.9. The van der Waals surface area contributed by atoms with Crippen molar-refractivity contribution in [1.29, 1.82) is 0 Å². The van der Waals surface area contributed by atoms with E-state index in [0.717, 1.165) is 31.6 Å². The first-order chi connectivity index (χ1) is 10.3. The highest BCUT2D eigenvalue weighted by Gasteiger charge is 2.28. The Balaban J connectivity index is 1.89. The van der Waals surface area contributed by atoms with Crippen LogP contribution in [0.1, 0.15) is 41.7 Å². The number of furan rings is 1. The summed E-state index contributed by atoms with van der Waals surface area (Å²) in [7, 11) is 0. The molecule has 4 nitrogen and oxygen atoms in total. The third-order valence-electron chi connectivity index (χ3n) is 3.90. The van der Waals surface area contributed by atoms with Crippen LogP contribution in [0.4, 0.5) is 5.69 Å². The Morgan fingerprint density at radius 3 is 3.00 bits per heavy atom. The minimum atomic E-state index is 0.00476. The van der Waals surface area contributed by atoms with Crippen LogP contribution in [0.5, 0.6) is 0 Å². The summed E-state index contributed by atoms with van der Waals surface area (Å²) in [5, 5.41) is 3.57. The minimum absolute atomic E-state index is 0.00476. The maximum Gasteiger partial charge on any atom is 0.261 e. The minimum Gasteiger partial charge on any atom is -0.472 e. The number of amides is 1. The first-order valence-corrected chi connectivity index (χ1v) is 7.47. The van der Waals surface area contributed by atoms with Crippen molar-refractivity contribution in [3.63, 3.8) is 0 Å². The lowest BCUT2D eigenvalue weighted by Crippen LogP contribution is -2.39. The van der Waals surface area contributed by atoms with E-state index in [2.05, 4.69) is 18.3 Å². The molecule has 0 fully saturated rings. The van der Waals surface area contributed by atoms with Crippen LogP contribution in [-0.2, 0) is 0 Å². The van der Waals surface area contributed by atoms with E-state index in [0.29, 0.717) is 11.6 Å². The average molecular weight is 284 g/mol. The molecule has 2 heterocycles. The molecule has 0 bridgehead atoms. The topological polar surface area (TPSA) is 45.5 Å². The average Bonchev–Trinajstić information content (AvgIpc) is 3.06. The van der Waals surface area contributed by atoms with Crippen molar-refractivity contribution in [3.05, 3.63) is 54.0 Å². The van der Waals surface area contributed by atoms with Crippen LogP contribution in [0.25, 0.3) is 0 Å². The van der Waals surface area contributed by atoms with Crippen LogP contribution in [0.3, 0.4) is 0 Å². The molecule has 3 rings (SSSR count). The van der Waals surface area contributed by atoms with Gasteiger partial charge in [-0.25, -0.2) is 0 Å². The Morgan fingerprint density at radius 2 is 2.24 bits per heavy atom. The molecule has 1 N–H and O–H groups in total. The van der Waals surface area contributed by atoms with Gasteiger partial charge in [0.1, 0.15) is 6.26 Å². The molecule has 2 aromatic rings. The van der Waals surface area contributed by atoms with E-state index in [4.69, 9.17) is 4.42 Å². The Labute approximate surface area is 124 Å². The van der Waals surface area contributed by atoms with Crippen LogP contribution in [-0.4, -0.2) is 19.0 Å². The summed E-state index contributed by atoms with van der Waals surface area (Å²) < 4.78 is 5.03. The third kappa shape index (κ3) is 2.72. The van der Waals surface area contributed by atoms with E-state index >= 15 is 0 Å². The van der Waals surface area contributed by atoms with E-state index in [1.165, 1.54) is 18.1 Å². The highest BCUT2D eigenvalue weighted by atomic mass is 16.3. The van der Waals surface area contributed by atoms with E-state index in [1.54, 1.807) is 6.07 Å². The van der Waals surface area contributed by atoms with Gasteiger partial charge in [-0.15, -0.1) is 0 Å². The zero-order valence-electron chi connectivity index (χ0n) is 12.2. The molecule has 0 saturated heterocycles. The Hall–Kier alpha value is -2.07. The molecule has 1 atom stereocenters. The Bertz CT molecular complexity index is 607. The van der Waals surface area contributed by atoms with Gasteiger partial charge >= 0.3 is 0 Å². The normalized spacial score (nSPS) is 17.6. The molecule has 1 amide bonds. The Kier molecular flexibility index (Phi) is 4.06. The number of rotatable bonds is 4. The van der Waals surface area contributed by atoms with Crippen molar-refractivity contribution in [2.45, 2.75) is 25.8 Å². The summed E-state index contributed by atoms with van der Waals surface area (Å²) in [5.41, 5.74) is 2.81. The zero-order valence-corrected chi connectivity index (χ0v) is 12.2. The smallest absolute Gasteiger partial charge is 0.261 e. The first-order valence-electron chi connectivity index (χ1n) is 7.47. The molecule has 0 aliphatic carbocycles. The summed E-state index contributed by atoms with van der Waals surface area (Å²) in [6.07, 6.45) is 5.08. The van der Waals surface area contributed by atoms with Crippen molar-refractivity contribution in [2.24, 2.45) is 0 Å². The number of hydrogen-bond acceptors (Lipinski definition) is 3. The number of para-hydroxylation sites is 1. The fourth-order valence-corrected chi connectivity index (χ4v) is 2.85. The number of nitrogens with one attached hydrogen (secondary N) is 1. The molecule has 1 unspecified atom stereocenters. The zero-order chi connectivity index (χ0) is 14.7. The molecule has 110 valence electrons. The maximum atomic E-state index is 12.6. The van der Waals surface area contributed by atoms with Crippen LogP contribution in [0.2, 0.25) is 0 Å². The van der Waals surface area contributed by atoms with E-state index in [-0.39, 0.29) is 5.91 Å². The van der Waals surface area contributed by atoms with Crippen molar-refractivity contribution < 1.29 is 9.21 Å². The lowest BCUT2D eigenvalue weighted by Gasteiger charge is -2.34. The predicted octanol–water partition coefficient (Wildman–Crippen LogP) is 3.37. The summed E-state index contributed by atoms with van der Waals surface area (Å²) in [4.78, 5) is 14.4. The monoisotopic (exact) mass is 284 g/mol. The summed E-state index contributed by atoms with van der Waals surface area (Å²) in [5.74, 6) is 0.00476. The molecule has 1 aromatic carbocycles. The molecule has 1 aromatic heterocycles. The second kappa shape index (κ2) is 6.14. The van der Waals surface area contributed by atoms with Gasteiger partial charge in [-0.3, -0.25) is 4.79 Å². The molecule has 0 radical (unpaired) electrons. The van der Waals surface area contributed by atoms with E-state index < -0.39 is 0 Å². The van der Waals surface area contributed by atoms with Gasteiger partial charge in [0.05, 0.1) is 11.8 Å². The summed E-state index contributed by atoms with van der Waals surface area (Å²) in [6, 6.07) is 10.2. The predicted molar refractivity (Wildman–Crippen MR) is 82.5 cm³/mol. The SMILES string of the molecule is CCCNC1CCN(C(=O)c2ccoc2)c2ccccc21. The van der Waals surface area contributed by atoms with Crippen molar-refractivity contribution in [1.82, 2.24) is 5.32 Å². The van der Waals surface area contributed by atoms with Gasteiger partial charge < -0.3 is 14.6 Å². The van der Waals surface area contributed by atoms with Crippen LogP contribution < -0.4 is 10.2 Å². The molecule has 1 aliphatic rings. The van der Waals surface area contributed by atoms with Gasteiger partial charge in [-0.2, -0.15) is 0 Å². The van der Waals surface area contributed by atoms with Gasteiger partial charge in [0.15, 0.2) is 0 Å². The van der Waals surface area contributed by atoms with Crippen LogP contribution in [0.15, 0.2) is 47.3 Å². The number of nitrogens with zero attached hydrogens (tertiary/aromatic N) is 1. The molecule has 0 spiro atoms. The molecule has 21 heavy (non-hydrogen) atoms. The van der Waals surface area contributed by atoms with Crippen molar-refractivity contribution in [3.8, 4) is 0 Å². The molecule has 1 aliphatic heterocycles. The largest absolute Gasteiger partial charge is 0.472 e. The molecule has 4 heteroatoms. The van der Waals surface area contributed by atoms with E-state index in [9.17, 15) is 4.79 Å². The van der Waals surface area contributed by atoms with Gasteiger partial charge in [-0.1, -0.05) is 25.1 Å². The third-order valence-corrected chi connectivity index (χ3v) is 3.90. The van der Waals surface area contributed by atoms with Crippen molar-refractivity contribution >= 4 is 11.6 Å². The molecule has 0 saturated carbocycles. The van der Waals surface area contributed by atoms with Crippen LogP contribution in [0, 0.1) is 0 Å². The quantitative estimate of drug-likeness (QED) is 0.936. The summed E-state index contributed by atoms with van der Waals surface area (Å²) in [6.45, 7) is 3.88. The Morgan fingerprint density at radius 1 is 1.38 bits per heavy atom. The van der Waals surface area contributed by atoms with Crippen LogP contribution >= 0.6 is 0 Å². The second-order valence-electron chi connectivity index (χ2n) is 5.32. The number of anilines is 1. The fourth-order valence-electron chi connectivity index (χ4n) is 2.85. The standard InChI is InChI=1S/C17H20N2O2/c1-2-9-18-15-7-10-19(16-6-4-3-5-14(15)16)17(20)13-8-11-21-12-13/h3-6,8,11-12,15,18H,2,7,9-10H2,1H3. The molecular weight excluding hydrogens is 264 g/mol. The van der Waals surface area contributed by atoms with Gasteiger partial charge in [0.25, 0.3) is 5.91 Å². The number of carbonyl (C=O) groups excluding carboxylic acids is 1. The maximum absolute atomic E-state index is 12.6. The highest BCUT2D eigenvalue weighted by Crippen LogP contribution is 2.34. The van der Waals surface area contributed by atoms with Gasteiger partial charge in [0.2, 0.25) is 0 Å². The van der Waals surface area contributed by atoms with E-state index in [1.807, 2.05) is 23.1 Å². The highest BCUT2D eigenvalue weighted by molar-refractivity contribution is 6.06. The van der Waals surface area contributed by atoms with Gasteiger partial charge in [-0.05, 0) is 37.1 Å². The second-order valence-corrected chi connectivity index (χ2v) is 5.32.